The first-order valence-electron chi connectivity index (χ1n) is 4.59. The maximum absolute atomic E-state index is 13.6. The zero-order valence-electron chi connectivity index (χ0n) is 8.35. The molecule has 0 spiro atoms. The van der Waals surface area contributed by atoms with Crippen LogP contribution in [0.1, 0.15) is 0 Å². The highest BCUT2D eigenvalue weighted by Crippen LogP contribution is 2.28. The van der Waals surface area contributed by atoms with E-state index >= 15 is 0 Å². The number of benzene rings is 1. The number of halogens is 4. The molecule has 0 aliphatic carbocycles. The molecule has 2 nitrogen and oxygen atoms in total. The number of nitrogens with one attached hydrogen (secondary N) is 1. The zero-order valence-corrected chi connectivity index (χ0v) is 12.3. The van der Waals surface area contributed by atoms with Crippen LogP contribution in [0.4, 0.5) is 15.9 Å². The van der Waals surface area contributed by atoms with E-state index < -0.39 is 0 Å². The monoisotopic (exact) mass is 378 g/mol. The molecule has 17 heavy (non-hydrogen) atoms. The molecule has 0 saturated carbocycles. The van der Waals surface area contributed by atoms with Crippen molar-refractivity contribution >= 4 is 55.0 Å². The smallest absolute Gasteiger partial charge is 0.147 e. The van der Waals surface area contributed by atoms with Crippen molar-refractivity contribution in [2.75, 3.05) is 5.32 Å². The van der Waals surface area contributed by atoms with Crippen LogP contribution in [0.15, 0.2) is 39.4 Å². The topological polar surface area (TPSA) is 24.9 Å². The van der Waals surface area contributed by atoms with Crippen LogP contribution in [0.25, 0.3) is 0 Å². The molecule has 0 aliphatic heterocycles. The predicted molar refractivity (Wildman–Crippen MR) is 74.3 cm³/mol. The molecule has 0 fully saturated rings. The summed E-state index contributed by atoms with van der Waals surface area (Å²) in [4.78, 5) is 4.07. The van der Waals surface area contributed by atoms with E-state index in [0.717, 1.165) is 0 Å². The quantitative estimate of drug-likeness (QED) is 0.780. The summed E-state index contributed by atoms with van der Waals surface area (Å²) in [5, 5.41) is 3.40. The van der Waals surface area contributed by atoms with Crippen LogP contribution in [0.5, 0.6) is 0 Å². The van der Waals surface area contributed by atoms with Gasteiger partial charge in [-0.2, -0.15) is 0 Å². The maximum atomic E-state index is 13.6. The lowest BCUT2D eigenvalue weighted by molar-refractivity contribution is 0.631. The van der Waals surface area contributed by atoms with Crippen molar-refractivity contribution in [3.63, 3.8) is 0 Å². The van der Waals surface area contributed by atoms with Gasteiger partial charge in [0.1, 0.15) is 11.6 Å². The molecule has 6 heteroatoms. The second-order valence-electron chi connectivity index (χ2n) is 3.23. The molecule has 2 aromatic rings. The third kappa shape index (κ3) is 3.18. The fraction of sp³-hybridized carbons (Fsp3) is 0. The summed E-state index contributed by atoms with van der Waals surface area (Å²) in [5.41, 5.74) is 0.351. The largest absolute Gasteiger partial charge is 0.337 e. The highest BCUT2D eigenvalue weighted by Gasteiger charge is 2.07. The van der Waals surface area contributed by atoms with E-state index in [1.54, 1.807) is 18.2 Å². The lowest BCUT2D eigenvalue weighted by atomic mass is 10.3. The van der Waals surface area contributed by atoms with Crippen molar-refractivity contribution in [2.45, 2.75) is 0 Å². The molecular weight excluding hydrogens is 374 g/mol. The Morgan fingerprint density at radius 2 is 2.00 bits per heavy atom. The number of rotatable bonds is 2. The first-order chi connectivity index (χ1) is 8.06. The van der Waals surface area contributed by atoms with Crippen LogP contribution in [0, 0.1) is 5.82 Å². The van der Waals surface area contributed by atoms with E-state index in [0.29, 0.717) is 25.5 Å². The van der Waals surface area contributed by atoms with Crippen molar-refractivity contribution in [3.8, 4) is 0 Å². The van der Waals surface area contributed by atoms with Crippen molar-refractivity contribution in [1.29, 1.82) is 0 Å². The molecule has 1 aromatic carbocycles. The second kappa shape index (κ2) is 5.33. The summed E-state index contributed by atoms with van der Waals surface area (Å²) in [6.07, 6.45) is 1.49. The number of anilines is 2. The van der Waals surface area contributed by atoms with Crippen LogP contribution < -0.4 is 5.32 Å². The Bertz CT molecular complexity index is 514. The fourth-order valence-corrected chi connectivity index (χ4v) is 2.30. The summed E-state index contributed by atoms with van der Waals surface area (Å²) in [6.45, 7) is 0. The summed E-state index contributed by atoms with van der Waals surface area (Å²) < 4.78 is 14.9. The zero-order chi connectivity index (χ0) is 12.4. The Labute approximate surface area is 119 Å². The van der Waals surface area contributed by atoms with E-state index in [9.17, 15) is 4.39 Å². The fourth-order valence-electron chi connectivity index (χ4n) is 1.22. The van der Waals surface area contributed by atoms with Crippen molar-refractivity contribution in [3.05, 3.63) is 50.2 Å². The number of nitrogens with zero attached hydrogens (tertiary/aromatic N) is 1. The van der Waals surface area contributed by atoms with Gasteiger partial charge in [0, 0.05) is 10.7 Å². The number of pyridine rings is 1. The standard InChI is InChI=1S/C11H6Br2ClFN2/c12-6-1-2-10(9(15)3-6)17-11-8(13)4-7(14)5-16-11/h1-5H,(H,16,17). The Hall–Kier alpha value is -0.650. The molecule has 2 rings (SSSR count). The molecule has 1 heterocycles. The Morgan fingerprint density at radius 1 is 1.24 bits per heavy atom. The van der Waals surface area contributed by atoms with E-state index in [1.807, 2.05) is 0 Å². The van der Waals surface area contributed by atoms with Crippen molar-refractivity contribution in [2.24, 2.45) is 0 Å². The predicted octanol–water partition coefficient (Wildman–Crippen LogP) is 5.14. The molecular formula is C11H6Br2ClFN2. The third-order valence-corrected chi connectivity index (χ3v) is 3.30. The molecule has 88 valence electrons. The molecule has 0 bridgehead atoms. The van der Waals surface area contributed by atoms with Gasteiger partial charge in [0.05, 0.1) is 15.2 Å². The van der Waals surface area contributed by atoms with E-state index in [2.05, 4.69) is 42.2 Å². The summed E-state index contributed by atoms with van der Waals surface area (Å²) in [7, 11) is 0. The molecule has 0 amide bonds. The van der Waals surface area contributed by atoms with E-state index in [4.69, 9.17) is 11.6 Å². The number of hydrogen-bond donors (Lipinski definition) is 1. The Morgan fingerprint density at radius 3 is 2.65 bits per heavy atom. The molecule has 0 radical (unpaired) electrons. The van der Waals surface area contributed by atoms with Gasteiger partial charge in [-0.3, -0.25) is 0 Å². The van der Waals surface area contributed by atoms with Gasteiger partial charge in [0.15, 0.2) is 0 Å². The SMILES string of the molecule is Fc1cc(Br)ccc1Nc1ncc(Cl)cc1Br. The molecule has 1 aromatic heterocycles. The average Bonchev–Trinajstić information content (AvgIpc) is 2.25. The first kappa shape index (κ1) is 12.8. The summed E-state index contributed by atoms with van der Waals surface area (Å²) >= 11 is 12.3. The minimum atomic E-state index is -0.358. The van der Waals surface area contributed by atoms with Crippen LogP contribution in [0.3, 0.4) is 0 Å². The Kier molecular flexibility index (Phi) is 4.01. The van der Waals surface area contributed by atoms with Crippen LogP contribution >= 0.6 is 43.5 Å². The van der Waals surface area contributed by atoms with Crippen LogP contribution in [0.2, 0.25) is 5.02 Å². The summed E-state index contributed by atoms with van der Waals surface area (Å²) in [5.74, 6) is 0.152. The lowest BCUT2D eigenvalue weighted by Gasteiger charge is -2.08. The second-order valence-corrected chi connectivity index (χ2v) is 5.44. The van der Waals surface area contributed by atoms with E-state index in [-0.39, 0.29) is 5.82 Å². The molecule has 0 atom stereocenters. The average molecular weight is 380 g/mol. The molecule has 0 unspecified atom stereocenters. The van der Waals surface area contributed by atoms with Gasteiger partial charge in [-0.15, -0.1) is 0 Å². The Balaban J connectivity index is 2.31. The van der Waals surface area contributed by atoms with Gasteiger partial charge in [-0.05, 0) is 40.2 Å². The lowest BCUT2D eigenvalue weighted by Crippen LogP contribution is -1.97. The molecule has 0 saturated heterocycles. The van der Waals surface area contributed by atoms with Crippen molar-refractivity contribution in [1.82, 2.24) is 4.98 Å². The van der Waals surface area contributed by atoms with Crippen LogP contribution in [-0.2, 0) is 0 Å². The van der Waals surface area contributed by atoms with Crippen LogP contribution in [-0.4, -0.2) is 4.98 Å². The van der Waals surface area contributed by atoms with Crippen molar-refractivity contribution < 1.29 is 4.39 Å². The van der Waals surface area contributed by atoms with Gasteiger partial charge in [0.25, 0.3) is 0 Å². The van der Waals surface area contributed by atoms with Gasteiger partial charge >= 0.3 is 0 Å². The normalized spacial score (nSPS) is 10.4. The minimum absolute atomic E-state index is 0.351. The molecule has 0 aliphatic rings. The minimum Gasteiger partial charge on any atom is -0.337 e. The van der Waals surface area contributed by atoms with Gasteiger partial charge in [-0.25, -0.2) is 9.37 Å². The van der Waals surface area contributed by atoms with Gasteiger partial charge in [-0.1, -0.05) is 27.5 Å². The molecule has 1 N–H and O–H groups in total. The number of hydrogen-bond acceptors (Lipinski definition) is 2. The van der Waals surface area contributed by atoms with Gasteiger partial charge in [0.2, 0.25) is 0 Å². The van der Waals surface area contributed by atoms with E-state index in [1.165, 1.54) is 12.3 Å². The number of aromatic nitrogens is 1. The van der Waals surface area contributed by atoms with Gasteiger partial charge < -0.3 is 5.32 Å². The maximum Gasteiger partial charge on any atom is 0.147 e. The summed E-state index contributed by atoms with van der Waals surface area (Å²) in [6, 6.07) is 6.44. The highest BCUT2D eigenvalue weighted by molar-refractivity contribution is 9.10. The highest BCUT2D eigenvalue weighted by atomic mass is 79.9. The first-order valence-corrected chi connectivity index (χ1v) is 6.56. The third-order valence-electron chi connectivity index (χ3n) is 1.99.